The minimum atomic E-state index is -0.748. The number of carbonyl (C=O) groups is 2. The Morgan fingerprint density at radius 2 is 1.84 bits per heavy atom. The molecular formula is C24H28N4O4. The number of rotatable bonds is 10. The standard InChI is InChI=1S/C24H28N4O4/c1-5-31-21-14-18(8-11-20(21)32-13-12-25)15-26-28-24(30)22(16(2)3)27-23(29)19-9-6-17(4)7-10-19/h6-11,14-16,22H,5,13H2,1-4H3,(H,27,29)(H,28,30)/b26-15-. The van der Waals surface area contributed by atoms with Crippen LogP contribution < -0.4 is 20.2 Å². The number of amides is 2. The van der Waals surface area contributed by atoms with E-state index in [0.29, 0.717) is 29.2 Å². The summed E-state index contributed by atoms with van der Waals surface area (Å²) in [7, 11) is 0. The van der Waals surface area contributed by atoms with Gasteiger partial charge in [-0.3, -0.25) is 9.59 Å². The SMILES string of the molecule is CCOc1cc(/C=N\NC(=O)C(NC(=O)c2ccc(C)cc2)C(C)C)ccc1OCC#N. The Kier molecular flexibility index (Phi) is 9.23. The predicted molar refractivity (Wildman–Crippen MR) is 122 cm³/mol. The van der Waals surface area contributed by atoms with Crippen molar-refractivity contribution in [3.05, 3.63) is 59.2 Å². The Balaban J connectivity index is 2.04. The van der Waals surface area contributed by atoms with Crippen LogP contribution in [0.1, 0.15) is 42.3 Å². The van der Waals surface area contributed by atoms with Crippen LogP contribution in [0.25, 0.3) is 0 Å². The monoisotopic (exact) mass is 436 g/mol. The number of nitriles is 1. The summed E-state index contributed by atoms with van der Waals surface area (Å²) in [4.78, 5) is 25.1. The van der Waals surface area contributed by atoms with Gasteiger partial charge in [0, 0.05) is 5.56 Å². The third kappa shape index (κ3) is 7.13. The van der Waals surface area contributed by atoms with Gasteiger partial charge in [-0.25, -0.2) is 5.43 Å². The first kappa shape index (κ1) is 24.4. The maximum atomic E-state index is 12.6. The lowest BCUT2D eigenvalue weighted by Gasteiger charge is -2.20. The topological polar surface area (TPSA) is 113 Å². The van der Waals surface area contributed by atoms with Crippen molar-refractivity contribution in [1.29, 1.82) is 5.26 Å². The largest absolute Gasteiger partial charge is 0.490 e. The molecular weight excluding hydrogens is 408 g/mol. The molecule has 0 fully saturated rings. The number of hydrazone groups is 1. The molecule has 1 atom stereocenters. The van der Waals surface area contributed by atoms with E-state index in [1.807, 2.05) is 45.9 Å². The van der Waals surface area contributed by atoms with Gasteiger partial charge in [-0.15, -0.1) is 0 Å². The highest BCUT2D eigenvalue weighted by Crippen LogP contribution is 2.28. The number of nitrogens with one attached hydrogen (secondary N) is 2. The molecule has 0 aromatic heterocycles. The Labute approximate surface area is 188 Å². The van der Waals surface area contributed by atoms with Crippen molar-refractivity contribution in [1.82, 2.24) is 10.7 Å². The maximum Gasteiger partial charge on any atom is 0.262 e. The third-order valence-corrected chi connectivity index (χ3v) is 4.50. The second-order valence-electron chi connectivity index (χ2n) is 7.38. The van der Waals surface area contributed by atoms with Gasteiger partial charge in [-0.2, -0.15) is 10.4 Å². The molecule has 0 aliphatic carbocycles. The summed E-state index contributed by atoms with van der Waals surface area (Å²) < 4.78 is 10.9. The molecule has 0 aliphatic heterocycles. The van der Waals surface area contributed by atoms with Gasteiger partial charge in [0.2, 0.25) is 0 Å². The van der Waals surface area contributed by atoms with Gasteiger partial charge < -0.3 is 14.8 Å². The van der Waals surface area contributed by atoms with E-state index in [-0.39, 0.29) is 18.4 Å². The highest BCUT2D eigenvalue weighted by atomic mass is 16.5. The van der Waals surface area contributed by atoms with Crippen molar-refractivity contribution in [3.8, 4) is 17.6 Å². The van der Waals surface area contributed by atoms with Crippen LogP contribution in [0.3, 0.4) is 0 Å². The van der Waals surface area contributed by atoms with E-state index < -0.39 is 11.9 Å². The molecule has 8 heteroatoms. The van der Waals surface area contributed by atoms with Crippen molar-refractivity contribution < 1.29 is 19.1 Å². The minimum Gasteiger partial charge on any atom is -0.490 e. The first-order chi connectivity index (χ1) is 15.3. The van der Waals surface area contributed by atoms with E-state index in [1.165, 1.54) is 6.21 Å². The lowest BCUT2D eigenvalue weighted by molar-refractivity contribution is -0.123. The van der Waals surface area contributed by atoms with Crippen molar-refractivity contribution >= 4 is 18.0 Å². The minimum absolute atomic E-state index is 0.0888. The molecule has 0 heterocycles. The van der Waals surface area contributed by atoms with Crippen LogP contribution >= 0.6 is 0 Å². The van der Waals surface area contributed by atoms with Crippen molar-refractivity contribution in [2.24, 2.45) is 11.0 Å². The number of carbonyl (C=O) groups excluding carboxylic acids is 2. The second kappa shape index (κ2) is 12.1. The number of hydrogen-bond donors (Lipinski definition) is 2. The van der Waals surface area contributed by atoms with Gasteiger partial charge in [-0.05, 0) is 55.7 Å². The molecule has 0 saturated carbocycles. The van der Waals surface area contributed by atoms with E-state index in [1.54, 1.807) is 30.3 Å². The van der Waals surface area contributed by atoms with Crippen LogP contribution in [0.2, 0.25) is 0 Å². The number of ether oxygens (including phenoxy) is 2. The quantitative estimate of drug-likeness (QED) is 0.439. The molecule has 0 radical (unpaired) electrons. The van der Waals surface area contributed by atoms with Crippen LogP contribution in [0.15, 0.2) is 47.6 Å². The van der Waals surface area contributed by atoms with Crippen LogP contribution in [-0.4, -0.2) is 37.3 Å². The van der Waals surface area contributed by atoms with E-state index in [4.69, 9.17) is 14.7 Å². The fourth-order valence-corrected chi connectivity index (χ4v) is 2.81. The van der Waals surface area contributed by atoms with E-state index in [9.17, 15) is 9.59 Å². The highest BCUT2D eigenvalue weighted by molar-refractivity contribution is 5.97. The number of aryl methyl sites for hydroxylation is 1. The summed E-state index contributed by atoms with van der Waals surface area (Å²) in [6.07, 6.45) is 1.47. The van der Waals surface area contributed by atoms with Crippen molar-refractivity contribution in [2.75, 3.05) is 13.2 Å². The van der Waals surface area contributed by atoms with Crippen LogP contribution in [0, 0.1) is 24.2 Å². The fraction of sp³-hybridized carbons (Fsp3) is 0.333. The van der Waals surface area contributed by atoms with Gasteiger partial charge in [0.15, 0.2) is 18.1 Å². The molecule has 0 spiro atoms. The Morgan fingerprint density at radius 3 is 2.47 bits per heavy atom. The summed E-state index contributed by atoms with van der Waals surface area (Å²) >= 11 is 0. The van der Waals surface area contributed by atoms with Crippen molar-refractivity contribution in [3.63, 3.8) is 0 Å². The third-order valence-electron chi connectivity index (χ3n) is 4.50. The van der Waals surface area contributed by atoms with Crippen LogP contribution in [0.4, 0.5) is 0 Å². The fourth-order valence-electron chi connectivity index (χ4n) is 2.81. The average molecular weight is 437 g/mol. The summed E-state index contributed by atoms with van der Waals surface area (Å²) in [5.41, 5.74) is 4.68. The van der Waals surface area contributed by atoms with Gasteiger partial charge in [0.1, 0.15) is 12.1 Å². The molecule has 168 valence electrons. The normalized spacial score (nSPS) is 11.6. The lowest BCUT2D eigenvalue weighted by atomic mass is 10.0. The zero-order chi connectivity index (χ0) is 23.5. The lowest BCUT2D eigenvalue weighted by Crippen LogP contribution is -2.48. The van der Waals surface area contributed by atoms with Crippen LogP contribution in [0.5, 0.6) is 11.5 Å². The first-order valence-electron chi connectivity index (χ1n) is 10.3. The summed E-state index contributed by atoms with van der Waals surface area (Å²) in [5.74, 6) is 0.0466. The number of hydrogen-bond acceptors (Lipinski definition) is 6. The Bertz CT molecular complexity index is 994. The molecule has 32 heavy (non-hydrogen) atoms. The zero-order valence-corrected chi connectivity index (χ0v) is 18.7. The van der Waals surface area contributed by atoms with E-state index >= 15 is 0 Å². The molecule has 0 aliphatic rings. The molecule has 2 amide bonds. The first-order valence-corrected chi connectivity index (χ1v) is 10.3. The highest BCUT2D eigenvalue weighted by Gasteiger charge is 2.24. The molecule has 2 aromatic carbocycles. The van der Waals surface area contributed by atoms with Gasteiger partial charge in [0.05, 0.1) is 12.8 Å². The molecule has 2 rings (SSSR count). The van der Waals surface area contributed by atoms with E-state index in [2.05, 4.69) is 15.8 Å². The number of nitrogens with zero attached hydrogens (tertiary/aromatic N) is 2. The summed E-state index contributed by atoms with van der Waals surface area (Å²) in [5, 5.41) is 15.5. The van der Waals surface area contributed by atoms with Crippen molar-refractivity contribution in [2.45, 2.75) is 33.7 Å². The smallest absolute Gasteiger partial charge is 0.262 e. The molecule has 0 saturated heterocycles. The molecule has 2 N–H and O–H groups in total. The molecule has 0 bridgehead atoms. The number of benzene rings is 2. The summed E-state index contributed by atoms with van der Waals surface area (Å²) in [6, 6.07) is 13.4. The molecule has 2 aromatic rings. The van der Waals surface area contributed by atoms with Gasteiger partial charge in [-0.1, -0.05) is 31.5 Å². The summed E-state index contributed by atoms with van der Waals surface area (Å²) in [6.45, 7) is 7.81. The van der Waals surface area contributed by atoms with Gasteiger partial charge >= 0.3 is 0 Å². The molecule has 8 nitrogen and oxygen atoms in total. The average Bonchev–Trinajstić information content (AvgIpc) is 2.77. The molecule has 1 unspecified atom stereocenters. The Morgan fingerprint density at radius 1 is 1.12 bits per heavy atom. The second-order valence-corrected chi connectivity index (χ2v) is 7.38. The predicted octanol–water partition coefficient (Wildman–Crippen LogP) is 3.20. The maximum absolute atomic E-state index is 12.6. The Hall–Kier alpha value is -3.86. The zero-order valence-electron chi connectivity index (χ0n) is 18.7. The van der Waals surface area contributed by atoms with E-state index in [0.717, 1.165) is 5.56 Å². The van der Waals surface area contributed by atoms with Crippen LogP contribution in [-0.2, 0) is 4.79 Å². The van der Waals surface area contributed by atoms with Gasteiger partial charge in [0.25, 0.3) is 11.8 Å².